The molecule has 0 saturated carbocycles. The van der Waals surface area contributed by atoms with Crippen LogP contribution < -0.4 is 5.32 Å². The molecule has 0 aliphatic carbocycles. The highest BCUT2D eigenvalue weighted by molar-refractivity contribution is 7.10. The summed E-state index contributed by atoms with van der Waals surface area (Å²) >= 11 is 1.79. The second-order valence-electron chi connectivity index (χ2n) is 5.15. The van der Waals surface area contributed by atoms with Crippen molar-refractivity contribution in [1.29, 1.82) is 0 Å². The fourth-order valence-corrected chi connectivity index (χ4v) is 2.90. The predicted octanol–water partition coefficient (Wildman–Crippen LogP) is 3.18. The smallest absolute Gasteiger partial charge is 0.152 e. The van der Waals surface area contributed by atoms with E-state index in [1.165, 1.54) is 4.88 Å². The maximum atomic E-state index is 4.39. The summed E-state index contributed by atoms with van der Waals surface area (Å²) in [5, 5.41) is 9.77. The van der Waals surface area contributed by atoms with E-state index in [1.807, 2.05) is 16.8 Å². The van der Waals surface area contributed by atoms with Crippen molar-refractivity contribution in [1.82, 2.24) is 14.6 Å². The maximum Gasteiger partial charge on any atom is 0.152 e. The number of nitrogens with one attached hydrogen (secondary N) is 1. The summed E-state index contributed by atoms with van der Waals surface area (Å²) in [6.07, 6.45) is 5.40. The van der Waals surface area contributed by atoms with E-state index < -0.39 is 0 Å². The second-order valence-corrected chi connectivity index (χ2v) is 6.10. The normalized spacial score (nSPS) is 11.9. The van der Waals surface area contributed by atoms with Crippen LogP contribution in [0, 0.1) is 0 Å². The third-order valence-corrected chi connectivity index (χ3v) is 4.45. The van der Waals surface area contributed by atoms with Crippen molar-refractivity contribution < 1.29 is 0 Å². The quantitative estimate of drug-likeness (QED) is 0.793. The first-order chi connectivity index (χ1) is 9.17. The van der Waals surface area contributed by atoms with Crippen LogP contribution in [0.1, 0.15) is 18.7 Å². The molecule has 0 fully saturated rings. The first-order valence-corrected chi connectivity index (χ1v) is 7.11. The Labute approximate surface area is 116 Å². The van der Waals surface area contributed by atoms with Gasteiger partial charge in [-0.05, 0) is 17.5 Å². The van der Waals surface area contributed by atoms with Crippen LogP contribution in [0.15, 0.2) is 42.2 Å². The van der Waals surface area contributed by atoms with Crippen molar-refractivity contribution in [2.75, 3.05) is 11.9 Å². The van der Waals surface area contributed by atoms with Crippen molar-refractivity contribution in [2.45, 2.75) is 19.3 Å². The number of hydrogen-bond donors (Lipinski definition) is 1. The molecule has 1 N–H and O–H groups in total. The first kappa shape index (κ1) is 12.2. The Balaban J connectivity index is 1.81. The fraction of sp³-hybridized carbons (Fsp3) is 0.286. The van der Waals surface area contributed by atoms with Crippen LogP contribution >= 0.6 is 11.3 Å². The standard InChI is InChI=1S/C14H16N4S/c1-14(2,12-4-3-9-19-12)10-16-13-11-5-6-17-18(11)8-7-15-13/h3-9H,10H2,1-2H3,(H,15,16). The minimum Gasteiger partial charge on any atom is -0.367 e. The van der Waals surface area contributed by atoms with Gasteiger partial charge in [0.2, 0.25) is 0 Å². The molecule has 4 nitrogen and oxygen atoms in total. The van der Waals surface area contributed by atoms with E-state index in [1.54, 1.807) is 23.7 Å². The molecule has 0 aliphatic rings. The SMILES string of the molecule is CC(C)(CNc1nccn2nccc12)c1cccs1. The molecule has 5 heteroatoms. The lowest BCUT2D eigenvalue weighted by atomic mass is 9.91. The van der Waals surface area contributed by atoms with Crippen LogP contribution in [0.3, 0.4) is 0 Å². The van der Waals surface area contributed by atoms with E-state index in [0.717, 1.165) is 17.9 Å². The topological polar surface area (TPSA) is 42.2 Å². The minimum absolute atomic E-state index is 0.0860. The van der Waals surface area contributed by atoms with E-state index in [4.69, 9.17) is 0 Å². The zero-order valence-corrected chi connectivity index (χ0v) is 11.8. The van der Waals surface area contributed by atoms with Crippen LogP contribution in [-0.2, 0) is 5.41 Å². The van der Waals surface area contributed by atoms with Crippen molar-refractivity contribution in [2.24, 2.45) is 0 Å². The van der Waals surface area contributed by atoms with Crippen molar-refractivity contribution in [3.63, 3.8) is 0 Å². The van der Waals surface area contributed by atoms with Gasteiger partial charge in [0.15, 0.2) is 5.82 Å². The molecule has 0 unspecified atom stereocenters. The summed E-state index contributed by atoms with van der Waals surface area (Å²) in [4.78, 5) is 5.77. The maximum absolute atomic E-state index is 4.39. The highest BCUT2D eigenvalue weighted by atomic mass is 32.1. The number of nitrogens with zero attached hydrogens (tertiary/aromatic N) is 3. The molecule has 19 heavy (non-hydrogen) atoms. The molecule has 0 amide bonds. The van der Waals surface area contributed by atoms with Gasteiger partial charge in [0.1, 0.15) is 5.52 Å². The van der Waals surface area contributed by atoms with Gasteiger partial charge in [0.05, 0.1) is 6.20 Å². The van der Waals surface area contributed by atoms with Crippen LogP contribution in [-0.4, -0.2) is 21.1 Å². The summed E-state index contributed by atoms with van der Waals surface area (Å²) in [6.45, 7) is 5.32. The number of fused-ring (bicyclic) bond motifs is 1. The molecule has 3 rings (SSSR count). The lowest BCUT2D eigenvalue weighted by molar-refractivity contribution is 0.568. The van der Waals surface area contributed by atoms with Gasteiger partial charge in [-0.1, -0.05) is 19.9 Å². The van der Waals surface area contributed by atoms with Gasteiger partial charge in [0.25, 0.3) is 0 Å². The zero-order chi connectivity index (χ0) is 13.3. The molecule has 98 valence electrons. The minimum atomic E-state index is 0.0860. The molecule has 3 heterocycles. The number of hydrogen-bond acceptors (Lipinski definition) is 4. The van der Waals surface area contributed by atoms with Crippen LogP contribution in [0.2, 0.25) is 0 Å². The number of rotatable bonds is 4. The van der Waals surface area contributed by atoms with E-state index in [9.17, 15) is 0 Å². The molecule has 0 aliphatic heterocycles. The highest BCUT2D eigenvalue weighted by Gasteiger charge is 2.21. The number of anilines is 1. The summed E-state index contributed by atoms with van der Waals surface area (Å²) in [5.74, 6) is 0.879. The largest absolute Gasteiger partial charge is 0.367 e. The van der Waals surface area contributed by atoms with Crippen molar-refractivity contribution in [3.8, 4) is 0 Å². The average Bonchev–Trinajstić information content (AvgIpc) is 3.07. The Morgan fingerprint density at radius 3 is 3.00 bits per heavy atom. The monoisotopic (exact) mass is 272 g/mol. The van der Waals surface area contributed by atoms with Crippen molar-refractivity contribution in [3.05, 3.63) is 47.0 Å². The molecule has 0 aromatic carbocycles. The Kier molecular flexibility index (Phi) is 2.98. The molecule has 0 spiro atoms. The number of aromatic nitrogens is 3. The van der Waals surface area contributed by atoms with E-state index >= 15 is 0 Å². The van der Waals surface area contributed by atoms with Gasteiger partial charge in [-0.3, -0.25) is 0 Å². The molecule has 0 saturated heterocycles. The lowest BCUT2D eigenvalue weighted by Crippen LogP contribution is -2.27. The highest BCUT2D eigenvalue weighted by Crippen LogP contribution is 2.28. The Hall–Kier alpha value is -1.88. The summed E-state index contributed by atoms with van der Waals surface area (Å²) < 4.78 is 1.83. The summed E-state index contributed by atoms with van der Waals surface area (Å²) in [5.41, 5.74) is 1.09. The molecular formula is C14H16N4S. The first-order valence-electron chi connectivity index (χ1n) is 6.23. The molecule has 0 radical (unpaired) electrons. The third-order valence-electron chi connectivity index (χ3n) is 3.21. The van der Waals surface area contributed by atoms with Gasteiger partial charge in [-0.2, -0.15) is 5.10 Å². The fourth-order valence-electron chi connectivity index (χ4n) is 2.05. The second kappa shape index (κ2) is 4.66. The van der Waals surface area contributed by atoms with Crippen LogP contribution in [0.5, 0.6) is 0 Å². The predicted molar refractivity (Wildman–Crippen MR) is 78.8 cm³/mol. The van der Waals surface area contributed by atoms with Gasteiger partial charge in [-0.25, -0.2) is 9.50 Å². The lowest BCUT2D eigenvalue weighted by Gasteiger charge is -2.24. The Bertz CT molecular complexity index is 670. The van der Waals surface area contributed by atoms with E-state index in [-0.39, 0.29) is 5.41 Å². The Morgan fingerprint density at radius 2 is 2.21 bits per heavy atom. The Morgan fingerprint density at radius 1 is 1.32 bits per heavy atom. The summed E-state index contributed by atoms with van der Waals surface area (Å²) in [7, 11) is 0. The van der Waals surface area contributed by atoms with Gasteiger partial charge >= 0.3 is 0 Å². The number of thiophene rings is 1. The molecule has 0 atom stereocenters. The van der Waals surface area contributed by atoms with E-state index in [2.05, 4.69) is 46.8 Å². The zero-order valence-electron chi connectivity index (χ0n) is 11.0. The van der Waals surface area contributed by atoms with E-state index in [0.29, 0.717) is 0 Å². The van der Waals surface area contributed by atoms with Gasteiger partial charge < -0.3 is 5.32 Å². The van der Waals surface area contributed by atoms with Gasteiger partial charge in [0, 0.05) is 29.2 Å². The van der Waals surface area contributed by atoms with Crippen LogP contribution in [0.4, 0.5) is 5.82 Å². The van der Waals surface area contributed by atoms with Crippen LogP contribution in [0.25, 0.3) is 5.52 Å². The molecular weight excluding hydrogens is 256 g/mol. The van der Waals surface area contributed by atoms with Gasteiger partial charge in [-0.15, -0.1) is 11.3 Å². The molecule has 3 aromatic rings. The summed E-state index contributed by atoms with van der Waals surface area (Å²) in [6, 6.07) is 6.24. The van der Waals surface area contributed by atoms with Crippen molar-refractivity contribution >= 4 is 22.7 Å². The molecule has 3 aromatic heterocycles. The molecule has 0 bridgehead atoms. The average molecular weight is 272 g/mol. The third kappa shape index (κ3) is 2.33.